The molecule has 3 fully saturated rings. The first kappa shape index (κ1) is 24.6. The Kier molecular flexibility index (Phi) is 5.76. The van der Waals surface area contributed by atoms with E-state index in [4.69, 9.17) is 14.2 Å². The number of hydrogen-bond donors (Lipinski definition) is 5. The molecule has 0 aromatic heterocycles. The SMILES string of the molecule is COc1c(O)c(CN2C[C@@]3(C)C[C@@H]2CC(C)(C)C3)c2c(c1O)[C@@H]1O[C@H](CO)[C@@H](O)[C@H](O)[C@H]1OC2=O. The van der Waals surface area contributed by atoms with Crippen molar-refractivity contribution in [2.45, 2.75) is 83.1 Å². The van der Waals surface area contributed by atoms with Crippen LogP contribution in [0, 0.1) is 10.8 Å². The first-order valence-electron chi connectivity index (χ1n) is 12.1. The van der Waals surface area contributed by atoms with Crippen LogP contribution in [-0.4, -0.2) is 87.1 Å². The van der Waals surface area contributed by atoms with E-state index in [1.165, 1.54) is 7.11 Å². The monoisotopic (exact) mass is 493 g/mol. The highest BCUT2D eigenvalue weighted by molar-refractivity contribution is 5.97. The number of hydrogen-bond acceptors (Lipinski definition) is 10. The van der Waals surface area contributed by atoms with Crippen molar-refractivity contribution >= 4 is 5.97 Å². The fraction of sp³-hybridized carbons (Fsp3) is 0.720. The molecule has 1 saturated carbocycles. The number of carbonyl (C=O) groups is 1. The highest BCUT2D eigenvalue weighted by atomic mass is 16.6. The van der Waals surface area contributed by atoms with Crippen molar-refractivity contribution in [2.75, 3.05) is 20.3 Å². The van der Waals surface area contributed by atoms with E-state index in [-0.39, 0.29) is 51.6 Å². The van der Waals surface area contributed by atoms with Gasteiger partial charge in [0, 0.05) is 30.3 Å². The molecule has 2 bridgehead atoms. The predicted octanol–water partition coefficient (Wildman–Crippen LogP) is 1.20. The van der Waals surface area contributed by atoms with Gasteiger partial charge in [0.25, 0.3) is 0 Å². The molecule has 1 aliphatic carbocycles. The van der Waals surface area contributed by atoms with E-state index in [1.807, 2.05) is 0 Å². The van der Waals surface area contributed by atoms with Gasteiger partial charge in [-0.1, -0.05) is 20.8 Å². The van der Waals surface area contributed by atoms with Crippen LogP contribution in [0.1, 0.15) is 67.6 Å². The fourth-order valence-electron chi connectivity index (χ4n) is 7.23. The van der Waals surface area contributed by atoms with Crippen LogP contribution >= 0.6 is 0 Å². The molecule has 3 heterocycles. The Labute approximate surface area is 204 Å². The number of ether oxygens (including phenoxy) is 3. The van der Waals surface area contributed by atoms with Crippen molar-refractivity contribution in [2.24, 2.45) is 10.8 Å². The Morgan fingerprint density at radius 1 is 1.11 bits per heavy atom. The molecular weight excluding hydrogens is 458 g/mol. The van der Waals surface area contributed by atoms with E-state index < -0.39 is 48.8 Å². The molecule has 1 aromatic rings. The molecule has 7 atom stereocenters. The third-order valence-electron chi connectivity index (χ3n) is 8.23. The van der Waals surface area contributed by atoms with Gasteiger partial charge in [-0.25, -0.2) is 4.79 Å². The lowest BCUT2D eigenvalue weighted by atomic mass is 9.65. The highest BCUT2D eigenvalue weighted by Gasteiger charge is 2.54. The summed E-state index contributed by atoms with van der Waals surface area (Å²) < 4.78 is 16.6. The molecule has 3 aliphatic heterocycles. The van der Waals surface area contributed by atoms with Crippen LogP contribution in [0.15, 0.2) is 0 Å². The fourth-order valence-corrected chi connectivity index (χ4v) is 7.23. The predicted molar refractivity (Wildman–Crippen MR) is 122 cm³/mol. The molecule has 10 nitrogen and oxygen atoms in total. The third kappa shape index (κ3) is 3.77. The topological polar surface area (TPSA) is 149 Å². The van der Waals surface area contributed by atoms with Gasteiger partial charge in [-0.2, -0.15) is 0 Å². The summed E-state index contributed by atoms with van der Waals surface area (Å²) >= 11 is 0. The Morgan fingerprint density at radius 3 is 2.49 bits per heavy atom. The number of nitrogens with zero attached hydrogens (tertiary/aromatic N) is 1. The smallest absolute Gasteiger partial charge is 0.339 e. The second-order valence-electron chi connectivity index (χ2n) is 11.7. The Hall–Kier alpha value is -2.11. The maximum Gasteiger partial charge on any atom is 0.339 e. The van der Waals surface area contributed by atoms with Crippen molar-refractivity contribution in [3.05, 3.63) is 16.7 Å². The van der Waals surface area contributed by atoms with E-state index in [1.54, 1.807) is 0 Å². The summed E-state index contributed by atoms with van der Waals surface area (Å²) in [5, 5.41) is 52.6. The van der Waals surface area contributed by atoms with Crippen LogP contribution < -0.4 is 4.74 Å². The first-order chi connectivity index (χ1) is 16.4. The van der Waals surface area contributed by atoms with Gasteiger partial charge in [0.1, 0.15) is 24.4 Å². The van der Waals surface area contributed by atoms with Crippen LogP contribution in [0.2, 0.25) is 0 Å². The van der Waals surface area contributed by atoms with Crippen LogP contribution in [0.5, 0.6) is 17.2 Å². The average molecular weight is 494 g/mol. The van der Waals surface area contributed by atoms with Gasteiger partial charge in [0.15, 0.2) is 17.6 Å². The lowest BCUT2D eigenvalue weighted by molar-refractivity contribution is -0.235. The number of aliphatic hydroxyl groups excluding tert-OH is 3. The summed E-state index contributed by atoms with van der Waals surface area (Å²) in [6, 6.07) is 0.271. The van der Waals surface area contributed by atoms with Crippen LogP contribution in [0.3, 0.4) is 0 Å². The first-order valence-corrected chi connectivity index (χ1v) is 12.1. The van der Waals surface area contributed by atoms with E-state index in [0.29, 0.717) is 0 Å². The number of benzene rings is 1. The van der Waals surface area contributed by atoms with Gasteiger partial charge >= 0.3 is 5.97 Å². The third-order valence-corrected chi connectivity index (χ3v) is 8.23. The van der Waals surface area contributed by atoms with E-state index in [0.717, 1.165) is 25.8 Å². The summed E-state index contributed by atoms with van der Waals surface area (Å²) in [5.74, 6) is -1.88. The zero-order valence-corrected chi connectivity index (χ0v) is 20.5. The normalized spacial score (nSPS) is 38.0. The number of phenols is 2. The van der Waals surface area contributed by atoms with Crippen LogP contribution in [-0.2, 0) is 16.0 Å². The van der Waals surface area contributed by atoms with Crippen molar-refractivity contribution in [1.29, 1.82) is 0 Å². The molecule has 5 rings (SSSR count). The Balaban J connectivity index is 1.60. The Morgan fingerprint density at radius 2 is 1.83 bits per heavy atom. The number of esters is 1. The van der Waals surface area contributed by atoms with Gasteiger partial charge in [0.05, 0.1) is 19.3 Å². The molecule has 2 saturated heterocycles. The molecule has 0 spiro atoms. The number of aromatic hydroxyl groups is 2. The van der Waals surface area contributed by atoms with Gasteiger partial charge < -0.3 is 39.7 Å². The zero-order chi connectivity index (χ0) is 25.4. The summed E-state index contributed by atoms with van der Waals surface area (Å²) in [6.45, 7) is 7.25. The minimum atomic E-state index is -1.54. The van der Waals surface area contributed by atoms with Crippen molar-refractivity contribution in [1.82, 2.24) is 4.90 Å². The minimum Gasteiger partial charge on any atom is -0.504 e. The van der Waals surface area contributed by atoms with E-state index in [2.05, 4.69) is 25.7 Å². The molecular formula is C25H35NO9. The standard InChI is InChI=1S/C25H35NO9/c1-24(2)5-11-6-25(3,9-24)10-26(11)7-12-14-15(18(30)21(33-4)16(12)28)20-22(35-23(14)32)19(31)17(29)13(8-27)34-20/h11,13,17,19-20,22,27-31H,5-10H2,1-4H3/t11-,13+,17+,19-,20-,22+,25-/m0/s1. The molecule has 10 heteroatoms. The lowest BCUT2D eigenvalue weighted by Gasteiger charge is -2.45. The second-order valence-corrected chi connectivity index (χ2v) is 11.7. The summed E-state index contributed by atoms with van der Waals surface area (Å²) in [4.78, 5) is 15.5. The largest absolute Gasteiger partial charge is 0.504 e. The van der Waals surface area contributed by atoms with Crippen molar-refractivity contribution in [3.63, 3.8) is 0 Å². The number of likely N-dealkylation sites (tertiary alicyclic amines) is 1. The number of rotatable bonds is 4. The Bertz CT molecular complexity index is 1040. The molecule has 194 valence electrons. The molecule has 0 unspecified atom stereocenters. The molecule has 1 aromatic carbocycles. The summed E-state index contributed by atoms with van der Waals surface area (Å²) in [6.07, 6.45) is -3.55. The van der Waals surface area contributed by atoms with Gasteiger partial charge in [-0.3, -0.25) is 4.90 Å². The number of fused-ring (bicyclic) bond motifs is 5. The van der Waals surface area contributed by atoms with Crippen molar-refractivity contribution < 1.29 is 44.5 Å². The van der Waals surface area contributed by atoms with E-state index in [9.17, 15) is 30.3 Å². The molecule has 0 amide bonds. The van der Waals surface area contributed by atoms with Gasteiger partial charge in [-0.05, 0) is 30.1 Å². The minimum absolute atomic E-state index is 0.0222. The second kappa shape index (κ2) is 8.21. The number of carbonyl (C=O) groups excluding carboxylic acids is 1. The van der Waals surface area contributed by atoms with Crippen LogP contribution in [0.25, 0.3) is 0 Å². The van der Waals surface area contributed by atoms with E-state index >= 15 is 0 Å². The lowest BCUT2D eigenvalue weighted by Crippen LogP contribution is -2.58. The number of phenolic OH excluding ortho intramolecular Hbond substituents is 2. The maximum atomic E-state index is 13.2. The molecule has 0 radical (unpaired) electrons. The molecule has 4 aliphatic rings. The molecule has 35 heavy (non-hydrogen) atoms. The van der Waals surface area contributed by atoms with Gasteiger partial charge in [0.2, 0.25) is 5.75 Å². The number of aliphatic hydroxyl groups is 3. The number of methoxy groups -OCH3 is 1. The summed E-state index contributed by atoms with van der Waals surface area (Å²) in [5.41, 5.74) is 0.549. The van der Waals surface area contributed by atoms with Crippen LogP contribution in [0.4, 0.5) is 0 Å². The summed E-state index contributed by atoms with van der Waals surface area (Å²) in [7, 11) is 1.30. The van der Waals surface area contributed by atoms with Crippen molar-refractivity contribution in [3.8, 4) is 17.2 Å². The van der Waals surface area contributed by atoms with Gasteiger partial charge in [-0.15, -0.1) is 0 Å². The zero-order valence-electron chi connectivity index (χ0n) is 20.5. The molecule has 5 N–H and O–H groups in total. The highest BCUT2D eigenvalue weighted by Crippen LogP contribution is 2.55. The average Bonchev–Trinajstić information content (AvgIpc) is 3.01. The maximum absolute atomic E-state index is 13.2. The quantitative estimate of drug-likeness (QED) is 0.387.